The molecule has 136 valence electrons. The molecule has 2 aromatic carbocycles. The molecule has 2 rings (SSSR count). The molecule has 0 radical (unpaired) electrons. The molecule has 5 nitrogen and oxygen atoms in total. The lowest BCUT2D eigenvalue weighted by atomic mass is 10.1. The van der Waals surface area contributed by atoms with E-state index in [9.17, 15) is 9.90 Å². The molecule has 0 saturated heterocycles. The molecular formula is C19H24ClNO4. The van der Waals surface area contributed by atoms with Crippen LogP contribution in [0.4, 0.5) is 0 Å². The second kappa shape index (κ2) is 10.7. The van der Waals surface area contributed by atoms with Gasteiger partial charge in [0.2, 0.25) is 0 Å². The highest BCUT2D eigenvalue weighted by atomic mass is 35.5. The lowest BCUT2D eigenvalue weighted by Gasteiger charge is -2.18. The van der Waals surface area contributed by atoms with Gasteiger partial charge in [0.05, 0.1) is 5.56 Å². The van der Waals surface area contributed by atoms with E-state index < -0.39 is 12.1 Å². The van der Waals surface area contributed by atoms with Gasteiger partial charge in [-0.1, -0.05) is 30.3 Å². The number of halogens is 1. The van der Waals surface area contributed by atoms with Crippen molar-refractivity contribution >= 4 is 18.4 Å². The first-order chi connectivity index (χ1) is 11.5. The Kier molecular flexibility index (Phi) is 8.99. The van der Waals surface area contributed by atoms with Gasteiger partial charge < -0.3 is 20.3 Å². The molecule has 0 aliphatic rings. The van der Waals surface area contributed by atoms with Gasteiger partial charge >= 0.3 is 5.97 Å². The summed E-state index contributed by atoms with van der Waals surface area (Å²) in [7, 11) is 0. The highest BCUT2D eigenvalue weighted by molar-refractivity contribution is 5.87. The molecular weight excluding hydrogens is 342 g/mol. The molecule has 0 fully saturated rings. The van der Waals surface area contributed by atoms with Crippen LogP contribution in [0, 0.1) is 0 Å². The molecule has 0 aromatic heterocycles. The van der Waals surface area contributed by atoms with Gasteiger partial charge in [-0.15, -0.1) is 12.4 Å². The zero-order chi connectivity index (χ0) is 17.4. The van der Waals surface area contributed by atoms with Crippen LogP contribution in [0.15, 0.2) is 54.6 Å². The molecule has 0 saturated carbocycles. The van der Waals surface area contributed by atoms with Crippen LogP contribution in [0.2, 0.25) is 0 Å². The van der Waals surface area contributed by atoms with E-state index in [0.29, 0.717) is 6.54 Å². The maximum absolute atomic E-state index is 10.8. The first-order valence-electron chi connectivity index (χ1n) is 7.96. The van der Waals surface area contributed by atoms with E-state index in [-0.39, 0.29) is 30.6 Å². The fourth-order valence-corrected chi connectivity index (χ4v) is 2.31. The van der Waals surface area contributed by atoms with Crippen molar-refractivity contribution in [2.45, 2.75) is 25.5 Å². The number of para-hydroxylation sites is 1. The molecule has 0 spiro atoms. The standard InChI is InChI=1S/C19H23NO4.ClH/c1-14(11-15-7-9-16(10-8-15)19(22)23)20-12-17(21)13-24-18-5-3-2-4-6-18;/h2-10,14,17,20-21H,11-13H2,1H3,(H,22,23);1H/t14-,17+;/m1./s1. The van der Waals surface area contributed by atoms with E-state index in [1.807, 2.05) is 49.4 Å². The van der Waals surface area contributed by atoms with Crippen LogP contribution in [-0.4, -0.2) is 41.5 Å². The maximum atomic E-state index is 10.8. The molecule has 0 bridgehead atoms. The van der Waals surface area contributed by atoms with Crippen molar-refractivity contribution in [3.05, 3.63) is 65.7 Å². The molecule has 25 heavy (non-hydrogen) atoms. The Hall–Kier alpha value is -2.08. The van der Waals surface area contributed by atoms with E-state index in [1.54, 1.807) is 12.1 Å². The molecule has 0 heterocycles. The maximum Gasteiger partial charge on any atom is 0.335 e. The van der Waals surface area contributed by atoms with Crippen molar-refractivity contribution in [2.24, 2.45) is 0 Å². The van der Waals surface area contributed by atoms with E-state index in [2.05, 4.69) is 5.32 Å². The number of benzene rings is 2. The fourth-order valence-electron chi connectivity index (χ4n) is 2.31. The molecule has 2 aromatic rings. The number of aromatic carboxylic acids is 1. The van der Waals surface area contributed by atoms with Gasteiger partial charge in [-0.05, 0) is 43.2 Å². The topological polar surface area (TPSA) is 78.8 Å². The number of aliphatic hydroxyl groups excluding tert-OH is 1. The highest BCUT2D eigenvalue weighted by Gasteiger charge is 2.09. The first-order valence-corrected chi connectivity index (χ1v) is 7.96. The Morgan fingerprint density at radius 2 is 1.76 bits per heavy atom. The van der Waals surface area contributed by atoms with Gasteiger partial charge in [0.15, 0.2) is 0 Å². The predicted molar refractivity (Wildman–Crippen MR) is 99.8 cm³/mol. The molecule has 0 aliphatic heterocycles. The zero-order valence-electron chi connectivity index (χ0n) is 14.1. The lowest BCUT2D eigenvalue weighted by Crippen LogP contribution is -2.37. The summed E-state index contributed by atoms with van der Waals surface area (Å²) < 4.78 is 5.51. The summed E-state index contributed by atoms with van der Waals surface area (Å²) in [5, 5.41) is 22.1. The van der Waals surface area contributed by atoms with Crippen LogP contribution in [0.25, 0.3) is 0 Å². The normalized spacial score (nSPS) is 12.7. The number of carbonyl (C=O) groups is 1. The second-order valence-electron chi connectivity index (χ2n) is 5.79. The quantitative estimate of drug-likeness (QED) is 0.636. The van der Waals surface area contributed by atoms with Crippen LogP contribution in [0.3, 0.4) is 0 Å². The van der Waals surface area contributed by atoms with Crippen molar-refractivity contribution < 1.29 is 19.7 Å². The van der Waals surface area contributed by atoms with Gasteiger partial charge in [-0.3, -0.25) is 0 Å². The fraction of sp³-hybridized carbons (Fsp3) is 0.316. The Morgan fingerprint density at radius 1 is 1.12 bits per heavy atom. The lowest BCUT2D eigenvalue weighted by molar-refractivity contribution is 0.0697. The summed E-state index contributed by atoms with van der Waals surface area (Å²) in [6, 6.07) is 16.4. The minimum absolute atomic E-state index is 0. The summed E-state index contributed by atoms with van der Waals surface area (Å²) in [6.07, 6.45) is 0.161. The van der Waals surface area contributed by atoms with Crippen LogP contribution >= 0.6 is 12.4 Å². The number of rotatable bonds is 9. The average molecular weight is 366 g/mol. The molecule has 0 unspecified atom stereocenters. The predicted octanol–water partition coefficient (Wildman–Crippen LogP) is 2.77. The highest BCUT2D eigenvalue weighted by Crippen LogP contribution is 2.09. The third-order valence-corrected chi connectivity index (χ3v) is 3.63. The van der Waals surface area contributed by atoms with Crippen LogP contribution in [0.1, 0.15) is 22.8 Å². The number of aliphatic hydroxyl groups is 1. The van der Waals surface area contributed by atoms with Gasteiger partial charge in [0.1, 0.15) is 18.5 Å². The minimum Gasteiger partial charge on any atom is -0.491 e. The Morgan fingerprint density at radius 3 is 2.36 bits per heavy atom. The van der Waals surface area contributed by atoms with Crippen molar-refractivity contribution in [3.8, 4) is 5.75 Å². The second-order valence-corrected chi connectivity index (χ2v) is 5.79. The number of hydrogen-bond acceptors (Lipinski definition) is 4. The largest absolute Gasteiger partial charge is 0.491 e. The first kappa shape index (κ1) is 21.0. The van der Waals surface area contributed by atoms with Crippen molar-refractivity contribution in [2.75, 3.05) is 13.2 Å². The monoisotopic (exact) mass is 365 g/mol. The number of carboxylic acids is 1. The summed E-state index contributed by atoms with van der Waals surface area (Å²) in [5.41, 5.74) is 1.34. The van der Waals surface area contributed by atoms with Crippen LogP contribution < -0.4 is 10.1 Å². The zero-order valence-corrected chi connectivity index (χ0v) is 14.9. The molecule has 3 N–H and O–H groups in total. The summed E-state index contributed by atoms with van der Waals surface area (Å²) >= 11 is 0. The van der Waals surface area contributed by atoms with E-state index in [0.717, 1.165) is 17.7 Å². The third-order valence-electron chi connectivity index (χ3n) is 3.63. The van der Waals surface area contributed by atoms with Crippen molar-refractivity contribution in [1.29, 1.82) is 0 Å². The van der Waals surface area contributed by atoms with Gasteiger partial charge in [-0.2, -0.15) is 0 Å². The summed E-state index contributed by atoms with van der Waals surface area (Å²) in [4.78, 5) is 10.8. The molecule has 2 atom stereocenters. The van der Waals surface area contributed by atoms with Crippen LogP contribution in [-0.2, 0) is 6.42 Å². The Labute approximate surface area is 154 Å². The number of hydrogen-bond donors (Lipinski definition) is 3. The third kappa shape index (κ3) is 7.56. The van der Waals surface area contributed by atoms with Gasteiger partial charge in [0, 0.05) is 12.6 Å². The van der Waals surface area contributed by atoms with Gasteiger partial charge in [0.25, 0.3) is 0 Å². The van der Waals surface area contributed by atoms with E-state index in [4.69, 9.17) is 9.84 Å². The summed E-state index contributed by atoms with van der Waals surface area (Å²) in [5.74, 6) is -0.183. The minimum atomic E-state index is -0.922. The number of ether oxygens (including phenoxy) is 1. The van der Waals surface area contributed by atoms with Crippen molar-refractivity contribution in [3.63, 3.8) is 0 Å². The van der Waals surface area contributed by atoms with Crippen LogP contribution in [0.5, 0.6) is 5.75 Å². The number of carboxylic acid groups (broad SMARTS) is 1. The van der Waals surface area contributed by atoms with E-state index >= 15 is 0 Å². The average Bonchev–Trinajstić information content (AvgIpc) is 2.59. The molecule has 0 aliphatic carbocycles. The Balaban J connectivity index is 0.00000312. The summed E-state index contributed by atoms with van der Waals surface area (Å²) in [6.45, 7) is 2.69. The van der Waals surface area contributed by atoms with Gasteiger partial charge in [-0.25, -0.2) is 4.79 Å². The number of nitrogens with one attached hydrogen (secondary N) is 1. The smallest absolute Gasteiger partial charge is 0.335 e. The molecule has 0 amide bonds. The molecule has 6 heteroatoms. The Bertz CT molecular complexity index is 634. The SMILES string of the molecule is C[C@H](Cc1ccc(C(=O)O)cc1)NC[C@H](O)COc1ccccc1.Cl. The van der Waals surface area contributed by atoms with E-state index in [1.165, 1.54) is 0 Å². The van der Waals surface area contributed by atoms with Crippen molar-refractivity contribution in [1.82, 2.24) is 5.32 Å².